The highest BCUT2D eigenvalue weighted by Crippen LogP contribution is 2.15. The highest BCUT2D eigenvalue weighted by molar-refractivity contribution is 5.78. The van der Waals surface area contributed by atoms with E-state index in [-0.39, 0.29) is 23.7 Å². The molecule has 7 heteroatoms. The average Bonchev–Trinajstić information content (AvgIpc) is 2.73. The van der Waals surface area contributed by atoms with Crippen LogP contribution in [0.2, 0.25) is 0 Å². The average molecular weight is 399 g/mol. The predicted molar refractivity (Wildman–Crippen MR) is 113 cm³/mol. The molecule has 3 heterocycles. The van der Waals surface area contributed by atoms with Gasteiger partial charge in [-0.3, -0.25) is 9.59 Å². The molecule has 156 valence electrons. The number of aryl methyl sites for hydroxylation is 1. The SMILES string of the molecule is Cc1c(OCC(=O)N2CCN(c3ccccn3)CC2)c(=O)ccn1CCC(C)C. The van der Waals surface area contributed by atoms with E-state index < -0.39 is 0 Å². The smallest absolute Gasteiger partial charge is 0.260 e. The number of hydrogen-bond donors (Lipinski definition) is 0. The normalized spacial score (nSPS) is 14.3. The summed E-state index contributed by atoms with van der Waals surface area (Å²) >= 11 is 0. The molecule has 0 aliphatic carbocycles. The molecule has 0 atom stereocenters. The summed E-state index contributed by atoms with van der Waals surface area (Å²) in [6, 6.07) is 7.34. The van der Waals surface area contributed by atoms with E-state index in [9.17, 15) is 9.59 Å². The van der Waals surface area contributed by atoms with Crippen LogP contribution in [0, 0.1) is 12.8 Å². The molecule has 0 spiro atoms. The van der Waals surface area contributed by atoms with E-state index in [4.69, 9.17) is 4.74 Å². The van der Waals surface area contributed by atoms with Gasteiger partial charge in [0.2, 0.25) is 5.43 Å². The van der Waals surface area contributed by atoms with Crippen molar-refractivity contribution < 1.29 is 9.53 Å². The molecule has 3 rings (SSSR count). The Labute approximate surface area is 171 Å². The second kappa shape index (κ2) is 9.58. The molecule has 1 aliphatic rings. The van der Waals surface area contributed by atoms with Crippen molar-refractivity contribution >= 4 is 11.7 Å². The number of piperazine rings is 1. The van der Waals surface area contributed by atoms with Crippen LogP contribution in [0.1, 0.15) is 26.0 Å². The topological polar surface area (TPSA) is 67.7 Å². The Morgan fingerprint density at radius 3 is 2.59 bits per heavy atom. The molecule has 1 aliphatic heterocycles. The number of rotatable bonds is 7. The van der Waals surface area contributed by atoms with Crippen molar-refractivity contribution in [1.29, 1.82) is 0 Å². The first-order valence-electron chi connectivity index (χ1n) is 10.2. The molecule has 1 amide bonds. The fraction of sp³-hybridized carbons (Fsp3) is 0.500. The Morgan fingerprint density at radius 1 is 1.17 bits per heavy atom. The third-order valence-electron chi connectivity index (χ3n) is 5.28. The molecule has 0 bridgehead atoms. The van der Waals surface area contributed by atoms with Gasteiger partial charge in [-0.25, -0.2) is 4.98 Å². The lowest BCUT2D eigenvalue weighted by atomic mass is 10.1. The van der Waals surface area contributed by atoms with Gasteiger partial charge in [0.1, 0.15) is 5.82 Å². The standard InChI is InChI=1S/C22H30N4O3/c1-17(2)7-10-24-11-8-19(27)22(18(24)3)29-16-21(28)26-14-12-25(13-15-26)20-6-4-5-9-23-20/h4-6,8-9,11,17H,7,10,12-16H2,1-3H3. The molecule has 0 saturated carbocycles. The summed E-state index contributed by atoms with van der Waals surface area (Å²) in [6.07, 6.45) is 4.59. The molecule has 7 nitrogen and oxygen atoms in total. The van der Waals surface area contributed by atoms with Gasteiger partial charge in [-0.15, -0.1) is 0 Å². The molecule has 2 aromatic rings. The predicted octanol–water partition coefficient (Wildman–Crippen LogP) is 2.33. The number of amides is 1. The Morgan fingerprint density at radius 2 is 1.93 bits per heavy atom. The Kier molecular flexibility index (Phi) is 6.90. The first kappa shape index (κ1) is 20.9. The molecule has 1 saturated heterocycles. The van der Waals surface area contributed by atoms with Gasteiger partial charge in [-0.2, -0.15) is 0 Å². The molecular formula is C22H30N4O3. The number of carbonyl (C=O) groups excluding carboxylic acids is 1. The van der Waals surface area contributed by atoms with Gasteiger partial charge in [0, 0.05) is 51.2 Å². The maximum absolute atomic E-state index is 12.6. The number of ether oxygens (including phenoxy) is 1. The van der Waals surface area contributed by atoms with Crippen LogP contribution in [0.15, 0.2) is 41.5 Å². The van der Waals surface area contributed by atoms with E-state index in [0.717, 1.165) is 37.6 Å². The Bertz CT molecular complexity index is 871. The monoisotopic (exact) mass is 398 g/mol. The molecule has 1 fully saturated rings. The summed E-state index contributed by atoms with van der Waals surface area (Å²) in [5.74, 6) is 1.68. The van der Waals surface area contributed by atoms with Crippen LogP contribution in [-0.2, 0) is 11.3 Å². The fourth-order valence-corrected chi connectivity index (χ4v) is 3.42. The number of aromatic nitrogens is 2. The van der Waals surface area contributed by atoms with Crippen molar-refractivity contribution in [3.8, 4) is 5.75 Å². The summed E-state index contributed by atoms with van der Waals surface area (Å²) in [6.45, 7) is 9.61. The highest BCUT2D eigenvalue weighted by Gasteiger charge is 2.22. The van der Waals surface area contributed by atoms with Gasteiger partial charge in [0.05, 0.1) is 5.69 Å². The summed E-state index contributed by atoms with van der Waals surface area (Å²) in [5.41, 5.74) is 0.585. The zero-order valence-corrected chi connectivity index (χ0v) is 17.5. The molecule has 0 aromatic carbocycles. The maximum atomic E-state index is 12.6. The largest absolute Gasteiger partial charge is 0.478 e. The van der Waals surface area contributed by atoms with Gasteiger partial charge in [0.15, 0.2) is 12.4 Å². The molecule has 2 aromatic heterocycles. The Hall–Kier alpha value is -2.83. The molecule has 29 heavy (non-hydrogen) atoms. The first-order chi connectivity index (χ1) is 14.0. The van der Waals surface area contributed by atoms with Crippen molar-refractivity contribution in [3.05, 3.63) is 52.6 Å². The molecule has 0 unspecified atom stereocenters. The summed E-state index contributed by atoms with van der Waals surface area (Å²) < 4.78 is 7.71. The fourth-order valence-electron chi connectivity index (χ4n) is 3.42. The molecular weight excluding hydrogens is 368 g/mol. The maximum Gasteiger partial charge on any atom is 0.260 e. The number of nitrogens with zero attached hydrogens (tertiary/aromatic N) is 4. The van der Waals surface area contributed by atoms with E-state index in [1.54, 1.807) is 17.3 Å². The summed E-state index contributed by atoms with van der Waals surface area (Å²) in [5, 5.41) is 0. The Balaban J connectivity index is 1.56. The van der Waals surface area contributed by atoms with Crippen LogP contribution in [0.3, 0.4) is 0 Å². The molecule has 0 N–H and O–H groups in total. The zero-order valence-electron chi connectivity index (χ0n) is 17.5. The second-order valence-corrected chi connectivity index (χ2v) is 7.81. The van der Waals surface area contributed by atoms with Gasteiger partial charge in [-0.05, 0) is 31.4 Å². The van der Waals surface area contributed by atoms with E-state index in [0.29, 0.717) is 19.0 Å². The quantitative estimate of drug-likeness (QED) is 0.716. The summed E-state index contributed by atoms with van der Waals surface area (Å²) in [4.78, 5) is 33.2. The molecule has 0 radical (unpaired) electrons. The number of anilines is 1. The third kappa shape index (κ3) is 5.37. The van der Waals surface area contributed by atoms with Crippen molar-refractivity contribution in [1.82, 2.24) is 14.5 Å². The van der Waals surface area contributed by atoms with Crippen molar-refractivity contribution in [3.63, 3.8) is 0 Å². The minimum absolute atomic E-state index is 0.0953. The number of carbonyl (C=O) groups is 1. The van der Waals surface area contributed by atoms with Crippen LogP contribution < -0.4 is 15.1 Å². The lowest BCUT2D eigenvalue weighted by Gasteiger charge is -2.35. The van der Waals surface area contributed by atoms with Crippen molar-refractivity contribution in [2.24, 2.45) is 5.92 Å². The number of hydrogen-bond acceptors (Lipinski definition) is 5. The summed E-state index contributed by atoms with van der Waals surface area (Å²) in [7, 11) is 0. The van der Waals surface area contributed by atoms with E-state index >= 15 is 0 Å². The lowest BCUT2D eigenvalue weighted by Crippen LogP contribution is -2.50. The van der Waals surface area contributed by atoms with E-state index in [2.05, 4.69) is 23.7 Å². The first-order valence-corrected chi connectivity index (χ1v) is 10.2. The van der Waals surface area contributed by atoms with Gasteiger partial charge in [-0.1, -0.05) is 19.9 Å². The van der Waals surface area contributed by atoms with Crippen LogP contribution in [-0.4, -0.2) is 53.1 Å². The third-order valence-corrected chi connectivity index (χ3v) is 5.28. The van der Waals surface area contributed by atoms with Crippen LogP contribution in [0.5, 0.6) is 5.75 Å². The van der Waals surface area contributed by atoms with E-state index in [1.165, 1.54) is 6.07 Å². The minimum atomic E-state index is -0.184. The van der Waals surface area contributed by atoms with E-state index in [1.807, 2.05) is 29.7 Å². The van der Waals surface area contributed by atoms with Crippen LogP contribution in [0.25, 0.3) is 0 Å². The zero-order chi connectivity index (χ0) is 20.8. The van der Waals surface area contributed by atoms with Gasteiger partial charge < -0.3 is 19.1 Å². The van der Waals surface area contributed by atoms with Gasteiger partial charge >= 0.3 is 0 Å². The minimum Gasteiger partial charge on any atom is -0.478 e. The van der Waals surface area contributed by atoms with Crippen LogP contribution in [0.4, 0.5) is 5.82 Å². The highest BCUT2D eigenvalue weighted by atomic mass is 16.5. The number of pyridine rings is 2. The van der Waals surface area contributed by atoms with Gasteiger partial charge in [0.25, 0.3) is 5.91 Å². The van der Waals surface area contributed by atoms with Crippen LogP contribution >= 0.6 is 0 Å². The van der Waals surface area contributed by atoms with Crippen molar-refractivity contribution in [2.45, 2.75) is 33.7 Å². The lowest BCUT2D eigenvalue weighted by molar-refractivity contribution is -0.133. The second-order valence-electron chi connectivity index (χ2n) is 7.81. The van der Waals surface area contributed by atoms with Crippen molar-refractivity contribution in [2.75, 3.05) is 37.7 Å².